The quantitative estimate of drug-likeness (QED) is 0.754. The Hall–Kier alpha value is -0.180. The first-order chi connectivity index (χ1) is 9.97. The molecule has 0 amide bonds. The van der Waals surface area contributed by atoms with Crippen molar-refractivity contribution in [3.8, 4) is 0 Å². The molecule has 0 aromatic heterocycles. The second-order valence-electron chi connectivity index (χ2n) is 5.35. The lowest BCUT2D eigenvalue weighted by atomic mass is 10.3. The second kappa shape index (κ2) is 10.6. The largest absolute Gasteiger partial charge is 0.216 e. The Morgan fingerprint density at radius 3 is 1.45 bits per heavy atom. The van der Waals surface area contributed by atoms with E-state index in [9.17, 15) is 16.8 Å². The molecule has 0 N–H and O–H groups in total. The van der Waals surface area contributed by atoms with Gasteiger partial charge in [-0.05, 0) is 34.1 Å². The molecule has 136 valence electrons. The molecule has 0 bridgehead atoms. The summed E-state index contributed by atoms with van der Waals surface area (Å²) in [5, 5.41) is -0.565. The monoisotopic (exact) mass is 358 g/mol. The molecule has 1 saturated heterocycles. The molecule has 0 aliphatic carbocycles. The summed E-state index contributed by atoms with van der Waals surface area (Å²) >= 11 is 0. The van der Waals surface area contributed by atoms with Crippen LogP contribution in [0.25, 0.3) is 0 Å². The fourth-order valence-electron chi connectivity index (χ4n) is 1.38. The number of hydrogen-bond donors (Lipinski definition) is 0. The van der Waals surface area contributed by atoms with E-state index in [-0.39, 0.29) is 10.5 Å². The molecule has 0 unspecified atom stereocenters. The number of hydrogen-bond acceptors (Lipinski definition) is 4. The van der Waals surface area contributed by atoms with Crippen LogP contribution in [0.5, 0.6) is 0 Å². The first kappa shape index (κ1) is 24.1. The van der Waals surface area contributed by atoms with Gasteiger partial charge < -0.3 is 0 Å². The molecule has 0 spiro atoms. The second-order valence-corrected chi connectivity index (χ2v) is 10.4. The number of nitrogens with zero attached hydrogens (tertiary/aromatic N) is 2. The highest BCUT2D eigenvalue weighted by molar-refractivity contribution is 7.89. The predicted molar refractivity (Wildman–Crippen MR) is 94.0 cm³/mol. The van der Waals surface area contributed by atoms with Crippen molar-refractivity contribution in [2.45, 2.75) is 65.4 Å². The van der Waals surface area contributed by atoms with E-state index in [1.807, 2.05) is 20.8 Å². The molecule has 1 rings (SSSR count). The topological polar surface area (TPSA) is 74.8 Å². The summed E-state index contributed by atoms with van der Waals surface area (Å²) in [6.45, 7) is 14.6. The van der Waals surface area contributed by atoms with Crippen LogP contribution in [0.2, 0.25) is 0 Å². The van der Waals surface area contributed by atoms with Crippen LogP contribution < -0.4 is 0 Å². The molecule has 0 radical (unpaired) electrons. The minimum Gasteiger partial charge on any atom is -0.212 e. The maximum Gasteiger partial charge on any atom is 0.216 e. The Balaban J connectivity index is 0. The third-order valence-corrected chi connectivity index (χ3v) is 7.84. The van der Waals surface area contributed by atoms with E-state index >= 15 is 0 Å². The van der Waals surface area contributed by atoms with Gasteiger partial charge in [0.15, 0.2) is 0 Å². The van der Waals surface area contributed by atoms with Crippen LogP contribution in [0.4, 0.5) is 0 Å². The molecule has 8 heteroatoms. The van der Waals surface area contributed by atoms with E-state index in [1.54, 1.807) is 34.7 Å². The Labute approximate surface area is 138 Å². The smallest absolute Gasteiger partial charge is 0.212 e. The zero-order valence-corrected chi connectivity index (χ0v) is 17.0. The van der Waals surface area contributed by atoms with Gasteiger partial charge in [0.2, 0.25) is 20.0 Å². The maximum atomic E-state index is 11.2. The van der Waals surface area contributed by atoms with E-state index in [1.165, 1.54) is 8.61 Å². The number of rotatable bonds is 5. The molecular formula is C14H34N2O4S2. The van der Waals surface area contributed by atoms with Gasteiger partial charge in [-0.3, -0.25) is 0 Å². The maximum absolute atomic E-state index is 11.2. The highest BCUT2D eigenvalue weighted by atomic mass is 32.2. The van der Waals surface area contributed by atoms with Gasteiger partial charge in [0.05, 0.1) is 10.5 Å². The lowest BCUT2D eigenvalue weighted by Crippen LogP contribution is -2.45. The minimum absolute atomic E-state index is 0.257. The van der Waals surface area contributed by atoms with Crippen molar-refractivity contribution in [2.24, 2.45) is 0 Å². The first-order valence-corrected chi connectivity index (χ1v) is 10.9. The van der Waals surface area contributed by atoms with Crippen LogP contribution in [0, 0.1) is 0 Å². The molecule has 1 heterocycles. The summed E-state index contributed by atoms with van der Waals surface area (Å²) in [5.74, 6) is 0. The predicted octanol–water partition coefficient (Wildman–Crippen LogP) is 2.13. The summed E-state index contributed by atoms with van der Waals surface area (Å²) in [6.07, 6.45) is 1.02. The summed E-state index contributed by atoms with van der Waals surface area (Å²) in [7, 11) is -4.31. The van der Waals surface area contributed by atoms with E-state index in [0.717, 1.165) is 19.5 Å². The summed E-state index contributed by atoms with van der Waals surface area (Å²) < 4.78 is 47.7. The van der Waals surface area contributed by atoms with Crippen LogP contribution >= 0.6 is 0 Å². The average molecular weight is 359 g/mol. The summed E-state index contributed by atoms with van der Waals surface area (Å²) in [4.78, 5) is 0. The van der Waals surface area contributed by atoms with Crippen LogP contribution in [0.3, 0.4) is 0 Å². The Morgan fingerprint density at radius 1 is 0.955 bits per heavy atom. The summed E-state index contributed by atoms with van der Waals surface area (Å²) in [6, 6.07) is 0. The molecule has 0 aromatic carbocycles. The SMILES string of the molecule is CC.CC(C)S(=O)(=O)N1CCC1.CCN(C)S(=O)(=O)C(C)C. The first-order valence-electron chi connectivity index (χ1n) is 7.92. The molecule has 0 aromatic rings. The zero-order valence-electron chi connectivity index (χ0n) is 15.3. The van der Waals surface area contributed by atoms with Gasteiger partial charge in [0.25, 0.3) is 0 Å². The van der Waals surface area contributed by atoms with Crippen molar-refractivity contribution in [3.05, 3.63) is 0 Å². The molecule has 6 nitrogen and oxygen atoms in total. The van der Waals surface area contributed by atoms with Gasteiger partial charge in [-0.1, -0.05) is 20.8 Å². The molecule has 0 saturated carbocycles. The third-order valence-electron chi connectivity index (χ3n) is 3.25. The Morgan fingerprint density at radius 2 is 1.36 bits per heavy atom. The van der Waals surface area contributed by atoms with Crippen molar-refractivity contribution >= 4 is 20.0 Å². The van der Waals surface area contributed by atoms with Crippen LogP contribution in [-0.2, 0) is 20.0 Å². The van der Waals surface area contributed by atoms with Gasteiger partial charge in [0, 0.05) is 26.7 Å². The van der Waals surface area contributed by atoms with E-state index in [4.69, 9.17) is 0 Å². The van der Waals surface area contributed by atoms with Crippen molar-refractivity contribution in [1.29, 1.82) is 0 Å². The molecule has 1 fully saturated rings. The van der Waals surface area contributed by atoms with Crippen LogP contribution in [0.15, 0.2) is 0 Å². The van der Waals surface area contributed by atoms with Gasteiger partial charge in [0.1, 0.15) is 0 Å². The van der Waals surface area contributed by atoms with Gasteiger partial charge in [-0.2, -0.15) is 0 Å². The number of sulfonamides is 2. The summed E-state index contributed by atoms with van der Waals surface area (Å²) in [5.41, 5.74) is 0. The normalized spacial score (nSPS) is 15.8. The van der Waals surface area contributed by atoms with Crippen LogP contribution in [-0.4, -0.2) is 62.6 Å². The van der Waals surface area contributed by atoms with Gasteiger partial charge in [-0.15, -0.1) is 0 Å². The van der Waals surface area contributed by atoms with Crippen molar-refractivity contribution < 1.29 is 16.8 Å². The molecule has 1 aliphatic heterocycles. The van der Waals surface area contributed by atoms with Gasteiger partial charge >= 0.3 is 0 Å². The Kier molecular flexibility index (Phi) is 11.6. The minimum atomic E-state index is -2.99. The highest BCUT2D eigenvalue weighted by Gasteiger charge is 2.29. The van der Waals surface area contributed by atoms with Crippen molar-refractivity contribution in [1.82, 2.24) is 8.61 Å². The lowest BCUT2D eigenvalue weighted by molar-refractivity contribution is 0.306. The van der Waals surface area contributed by atoms with E-state index < -0.39 is 20.0 Å². The molecular weight excluding hydrogens is 324 g/mol. The van der Waals surface area contributed by atoms with E-state index in [0.29, 0.717) is 6.54 Å². The molecule has 22 heavy (non-hydrogen) atoms. The fourth-order valence-corrected chi connectivity index (χ4v) is 3.82. The van der Waals surface area contributed by atoms with Crippen molar-refractivity contribution in [3.63, 3.8) is 0 Å². The Bertz CT molecular complexity index is 442. The lowest BCUT2D eigenvalue weighted by Gasteiger charge is -2.31. The fraction of sp³-hybridized carbons (Fsp3) is 1.00. The average Bonchev–Trinajstić information content (AvgIpc) is 2.37. The van der Waals surface area contributed by atoms with Crippen molar-refractivity contribution in [2.75, 3.05) is 26.7 Å². The standard InChI is InChI=1S/C6H13NO2S.C6H15NO2S.C2H6/c1-6(2)10(8,9)7-4-3-5-7;1-5-7(4)10(8,9)6(2)3;1-2/h6H,3-5H2,1-2H3;6H,5H2,1-4H3;1-2H3. The third kappa shape index (κ3) is 6.93. The molecule has 0 atom stereocenters. The van der Waals surface area contributed by atoms with Crippen LogP contribution in [0.1, 0.15) is 54.9 Å². The molecule has 1 aliphatic rings. The van der Waals surface area contributed by atoms with Gasteiger partial charge in [-0.25, -0.2) is 25.4 Å². The van der Waals surface area contributed by atoms with E-state index in [2.05, 4.69) is 0 Å². The zero-order chi connectivity index (χ0) is 18.1. The highest BCUT2D eigenvalue weighted by Crippen LogP contribution is 2.15.